The number of hydrogen-bond acceptors (Lipinski definition) is 5. The molecule has 1 aromatic rings. The number of aliphatic hydroxyl groups is 1. The van der Waals surface area contributed by atoms with E-state index in [1.807, 2.05) is 30.3 Å². The minimum Gasteiger partial charge on any atom is -0.457 e. The van der Waals surface area contributed by atoms with E-state index in [-0.39, 0.29) is 34.4 Å². The highest BCUT2D eigenvalue weighted by atomic mass is 16.6. The maximum Gasteiger partial charge on any atom is 0.331 e. The summed E-state index contributed by atoms with van der Waals surface area (Å²) in [6.07, 6.45) is 7.58. The molecule has 7 rings (SSSR count). The molecule has 2 spiro atoms. The molecule has 0 unspecified atom stereocenters. The van der Waals surface area contributed by atoms with Gasteiger partial charge in [-0.2, -0.15) is 0 Å². The molecule has 2 aliphatic heterocycles. The molecule has 5 nitrogen and oxygen atoms in total. The minimum atomic E-state index is -1.64. The Morgan fingerprint density at radius 2 is 1.94 bits per heavy atom. The number of ketones is 1. The van der Waals surface area contributed by atoms with Gasteiger partial charge in [0.2, 0.25) is 0 Å². The van der Waals surface area contributed by atoms with Gasteiger partial charge in [-0.1, -0.05) is 57.2 Å². The van der Waals surface area contributed by atoms with Crippen LogP contribution in [0.3, 0.4) is 0 Å². The van der Waals surface area contributed by atoms with Crippen molar-refractivity contribution in [3.05, 3.63) is 54.1 Å². The number of ether oxygens (including phenoxy) is 2. The Hall–Kier alpha value is -2.24. The van der Waals surface area contributed by atoms with Crippen LogP contribution in [0, 0.1) is 34.0 Å². The number of Topliss-reactive ketones (excluding diaryl/α,β-unsaturated/α-hetero) is 1. The molecule has 1 aromatic carbocycles. The lowest BCUT2D eigenvalue weighted by Crippen LogP contribution is -2.78. The van der Waals surface area contributed by atoms with Crippen molar-refractivity contribution in [2.24, 2.45) is 34.0 Å². The molecule has 0 aromatic heterocycles. The van der Waals surface area contributed by atoms with Crippen LogP contribution in [0.1, 0.15) is 57.9 Å². The molecule has 7 atom stereocenters. The Morgan fingerprint density at radius 1 is 1.18 bits per heavy atom. The monoisotopic (exact) mass is 462 g/mol. The zero-order valence-corrected chi connectivity index (χ0v) is 20.1. The lowest BCUT2D eigenvalue weighted by Gasteiger charge is -2.72. The first kappa shape index (κ1) is 22.2. The molecule has 2 heterocycles. The van der Waals surface area contributed by atoms with E-state index in [4.69, 9.17) is 9.47 Å². The van der Waals surface area contributed by atoms with E-state index >= 15 is 0 Å². The fourth-order valence-corrected chi connectivity index (χ4v) is 8.85. The lowest BCUT2D eigenvalue weighted by atomic mass is 9.37. The summed E-state index contributed by atoms with van der Waals surface area (Å²) in [5, 5.41) is 12.1. The SMILES string of the molecule is C=C1C(=O)[C@]23[C@H](OC(=O)/C=C/c4ccccc4)[C@H]1CC[C@H]2[C@]12CCCC(C)(C)[C@H]1C[C@@]3(O)OC2. The molecule has 4 saturated carbocycles. The van der Waals surface area contributed by atoms with Crippen LogP contribution in [-0.4, -0.2) is 35.4 Å². The van der Waals surface area contributed by atoms with Gasteiger partial charge in [0.05, 0.1) is 6.61 Å². The molecule has 5 heteroatoms. The highest BCUT2D eigenvalue weighted by Gasteiger charge is 2.83. The van der Waals surface area contributed by atoms with Crippen molar-refractivity contribution in [1.29, 1.82) is 0 Å². The molecule has 2 saturated heterocycles. The number of esters is 1. The third-order valence-electron chi connectivity index (χ3n) is 10.2. The second kappa shape index (κ2) is 7.14. The van der Waals surface area contributed by atoms with E-state index in [9.17, 15) is 14.7 Å². The standard InChI is InChI=1S/C29H34O5/c1-18-20-11-12-21-27-15-7-14-26(2,3)22(27)16-28(32,33-17-27)29(21,24(18)31)25(20)34-23(30)13-10-19-8-5-4-6-9-19/h4-6,8-10,13,20-22,25,32H,1,7,11-12,14-17H2,2-3H3/b13-10+/t20-,21-,22+,25+,27+,28+,29-/m0/s1. The number of hydrogen-bond donors (Lipinski definition) is 1. The molecule has 0 radical (unpaired) electrons. The average molecular weight is 463 g/mol. The van der Waals surface area contributed by atoms with Gasteiger partial charge >= 0.3 is 5.97 Å². The summed E-state index contributed by atoms with van der Waals surface area (Å²) >= 11 is 0. The number of rotatable bonds is 3. The smallest absolute Gasteiger partial charge is 0.331 e. The first-order valence-electron chi connectivity index (χ1n) is 12.7. The Balaban J connectivity index is 1.41. The fourth-order valence-electron chi connectivity index (χ4n) is 8.85. The van der Waals surface area contributed by atoms with Gasteiger partial charge in [0, 0.05) is 23.8 Å². The van der Waals surface area contributed by atoms with Crippen LogP contribution < -0.4 is 0 Å². The van der Waals surface area contributed by atoms with Crippen LogP contribution >= 0.6 is 0 Å². The van der Waals surface area contributed by atoms with Crippen LogP contribution in [0.2, 0.25) is 0 Å². The normalized spacial score (nSPS) is 44.1. The number of carbonyl (C=O) groups is 2. The quantitative estimate of drug-likeness (QED) is 0.521. The Kier molecular flexibility index (Phi) is 4.67. The summed E-state index contributed by atoms with van der Waals surface area (Å²) in [5.74, 6) is -2.34. The second-order valence-corrected chi connectivity index (χ2v) is 12.0. The van der Waals surface area contributed by atoms with Gasteiger partial charge in [-0.3, -0.25) is 4.79 Å². The van der Waals surface area contributed by atoms with Gasteiger partial charge in [0.15, 0.2) is 11.6 Å². The first-order chi connectivity index (χ1) is 16.2. The largest absolute Gasteiger partial charge is 0.457 e. The summed E-state index contributed by atoms with van der Waals surface area (Å²) in [5.41, 5.74) is 0.0119. The van der Waals surface area contributed by atoms with Crippen molar-refractivity contribution < 1.29 is 24.2 Å². The van der Waals surface area contributed by atoms with Crippen molar-refractivity contribution in [3.8, 4) is 0 Å². The first-order valence-corrected chi connectivity index (χ1v) is 12.7. The second-order valence-electron chi connectivity index (χ2n) is 12.0. The Morgan fingerprint density at radius 3 is 2.71 bits per heavy atom. The Bertz CT molecular complexity index is 1090. The minimum absolute atomic E-state index is 0.0672. The van der Waals surface area contributed by atoms with Crippen molar-refractivity contribution in [3.63, 3.8) is 0 Å². The van der Waals surface area contributed by atoms with E-state index in [0.29, 0.717) is 18.6 Å². The number of fused-ring (bicyclic) bond motifs is 2. The van der Waals surface area contributed by atoms with Crippen LogP contribution in [0.4, 0.5) is 0 Å². The van der Waals surface area contributed by atoms with Crippen LogP contribution in [-0.2, 0) is 19.1 Å². The lowest BCUT2D eigenvalue weighted by molar-refractivity contribution is -0.414. The van der Waals surface area contributed by atoms with Gasteiger partial charge in [-0.05, 0) is 60.1 Å². The van der Waals surface area contributed by atoms with Crippen molar-refractivity contribution in [2.45, 2.75) is 64.3 Å². The Labute approximate surface area is 201 Å². The summed E-state index contributed by atoms with van der Waals surface area (Å²) in [6.45, 7) is 9.20. The maximum atomic E-state index is 14.0. The summed E-state index contributed by atoms with van der Waals surface area (Å²) < 4.78 is 12.4. The van der Waals surface area contributed by atoms with Crippen molar-refractivity contribution >= 4 is 17.8 Å². The average Bonchev–Trinajstić information content (AvgIpc) is 2.93. The molecule has 180 valence electrons. The molecule has 6 fully saturated rings. The van der Waals surface area contributed by atoms with E-state index in [1.165, 1.54) is 6.08 Å². The molecular weight excluding hydrogens is 428 g/mol. The number of carbonyl (C=O) groups excluding carboxylic acids is 2. The number of benzene rings is 1. The highest BCUT2D eigenvalue weighted by Crippen LogP contribution is 2.76. The van der Waals surface area contributed by atoms with Crippen molar-refractivity contribution in [2.75, 3.05) is 6.61 Å². The predicted octanol–water partition coefficient (Wildman–Crippen LogP) is 4.70. The van der Waals surface area contributed by atoms with Crippen LogP contribution in [0.5, 0.6) is 0 Å². The molecule has 6 aliphatic rings. The maximum absolute atomic E-state index is 14.0. The van der Waals surface area contributed by atoms with E-state index in [0.717, 1.165) is 37.7 Å². The third-order valence-corrected chi connectivity index (χ3v) is 10.2. The molecule has 4 bridgehead atoms. The fraction of sp³-hybridized carbons (Fsp3) is 0.586. The summed E-state index contributed by atoms with van der Waals surface area (Å²) in [7, 11) is 0. The van der Waals surface area contributed by atoms with E-state index in [2.05, 4.69) is 20.4 Å². The molecule has 4 aliphatic carbocycles. The van der Waals surface area contributed by atoms with Crippen LogP contribution in [0.25, 0.3) is 6.08 Å². The molecule has 0 amide bonds. The van der Waals surface area contributed by atoms with Crippen LogP contribution in [0.15, 0.2) is 48.6 Å². The van der Waals surface area contributed by atoms with Gasteiger partial charge < -0.3 is 14.6 Å². The van der Waals surface area contributed by atoms with E-state index in [1.54, 1.807) is 6.08 Å². The molecule has 1 N–H and O–H groups in total. The van der Waals surface area contributed by atoms with Crippen molar-refractivity contribution in [1.82, 2.24) is 0 Å². The zero-order chi connectivity index (χ0) is 23.9. The predicted molar refractivity (Wildman–Crippen MR) is 127 cm³/mol. The molecule has 34 heavy (non-hydrogen) atoms. The van der Waals surface area contributed by atoms with Gasteiger partial charge in [-0.25, -0.2) is 4.79 Å². The molecular formula is C29H34O5. The topological polar surface area (TPSA) is 72.8 Å². The van der Waals surface area contributed by atoms with Gasteiger partial charge in [-0.15, -0.1) is 0 Å². The van der Waals surface area contributed by atoms with Gasteiger partial charge in [0.1, 0.15) is 11.5 Å². The van der Waals surface area contributed by atoms with Gasteiger partial charge in [0.25, 0.3) is 0 Å². The highest BCUT2D eigenvalue weighted by molar-refractivity contribution is 6.05. The zero-order valence-electron chi connectivity index (χ0n) is 20.1. The third kappa shape index (κ3) is 2.63. The summed E-state index contributed by atoms with van der Waals surface area (Å²) in [4.78, 5) is 27.0. The van der Waals surface area contributed by atoms with E-state index < -0.39 is 23.3 Å². The summed E-state index contributed by atoms with van der Waals surface area (Å²) in [6, 6.07) is 9.56.